The first-order valence-electron chi connectivity index (χ1n) is 5.82. The number of primary amides is 1. The van der Waals surface area contributed by atoms with Gasteiger partial charge >= 0.3 is 6.03 Å². The van der Waals surface area contributed by atoms with Crippen LogP contribution in [0.15, 0.2) is 0 Å². The molecular formula is C11H21N3O2. The van der Waals surface area contributed by atoms with E-state index in [1.165, 1.54) is 0 Å². The van der Waals surface area contributed by atoms with Crippen LogP contribution in [-0.4, -0.2) is 36.0 Å². The van der Waals surface area contributed by atoms with E-state index >= 15 is 0 Å². The van der Waals surface area contributed by atoms with E-state index in [-0.39, 0.29) is 12.5 Å². The molecule has 0 heterocycles. The molecule has 5 heteroatoms. The van der Waals surface area contributed by atoms with Crippen LogP contribution in [0.25, 0.3) is 0 Å². The second-order valence-electron chi connectivity index (χ2n) is 4.80. The monoisotopic (exact) mass is 227 g/mol. The summed E-state index contributed by atoms with van der Waals surface area (Å²) in [6, 6.07) is -0.248. The van der Waals surface area contributed by atoms with Crippen molar-refractivity contribution in [3.63, 3.8) is 0 Å². The molecule has 92 valence electrons. The maximum absolute atomic E-state index is 11.4. The molecular weight excluding hydrogens is 206 g/mol. The van der Waals surface area contributed by atoms with Gasteiger partial charge in [0.2, 0.25) is 5.91 Å². The molecule has 0 spiro atoms. The maximum atomic E-state index is 11.4. The van der Waals surface area contributed by atoms with Gasteiger partial charge in [0.1, 0.15) is 0 Å². The zero-order valence-electron chi connectivity index (χ0n) is 10.0. The van der Waals surface area contributed by atoms with Gasteiger partial charge in [-0.2, -0.15) is 0 Å². The number of carbonyl (C=O) groups excluding carboxylic acids is 2. The highest BCUT2D eigenvalue weighted by atomic mass is 16.2. The highest BCUT2D eigenvalue weighted by Crippen LogP contribution is 2.26. The van der Waals surface area contributed by atoms with Crippen LogP contribution in [0.3, 0.4) is 0 Å². The van der Waals surface area contributed by atoms with Crippen LogP contribution < -0.4 is 11.1 Å². The van der Waals surface area contributed by atoms with Crippen molar-refractivity contribution in [2.24, 2.45) is 11.7 Å². The van der Waals surface area contributed by atoms with Crippen LogP contribution in [0, 0.1) is 5.92 Å². The summed E-state index contributed by atoms with van der Waals surface area (Å²) in [5.41, 5.74) is 4.89. The van der Waals surface area contributed by atoms with Crippen molar-refractivity contribution in [1.82, 2.24) is 10.2 Å². The third-order valence-corrected chi connectivity index (χ3v) is 2.67. The fraction of sp³-hybridized carbons (Fsp3) is 0.818. The van der Waals surface area contributed by atoms with E-state index in [2.05, 4.69) is 24.1 Å². The van der Waals surface area contributed by atoms with Crippen LogP contribution in [0.4, 0.5) is 4.79 Å². The van der Waals surface area contributed by atoms with Crippen LogP contribution >= 0.6 is 0 Å². The molecule has 0 aromatic carbocycles. The van der Waals surface area contributed by atoms with Crippen LogP contribution in [0.1, 0.15) is 33.1 Å². The number of carbonyl (C=O) groups is 2. The molecule has 1 fully saturated rings. The summed E-state index contributed by atoms with van der Waals surface area (Å²) >= 11 is 0. The largest absolute Gasteiger partial charge is 0.351 e. The zero-order valence-corrected chi connectivity index (χ0v) is 10.0. The first-order valence-corrected chi connectivity index (χ1v) is 5.82. The van der Waals surface area contributed by atoms with Gasteiger partial charge in [-0.3, -0.25) is 15.0 Å². The van der Waals surface area contributed by atoms with Gasteiger partial charge in [0.15, 0.2) is 0 Å². The molecule has 0 aromatic heterocycles. The molecule has 16 heavy (non-hydrogen) atoms. The summed E-state index contributed by atoms with van der Waals surface area (Å²) in [6.45, 7) is 5.51. The second-order valence-corrected chi connectivity index (χ2v) is 4.80. The molecule has 0 atom stereocenters. The minimum atomic E-state index is -0.774. The van der Waals surface area contributed by atoms with Crippen molar-refractivity contribution in [1.29, 1.82) is 0 Å². The summed E-state index contributed by atoms with van der Waals surface area (Å²) in [7, 11) is 0. The van der Waals surface area contributed by atoms with Gasteiger partial charge in [-0.25, -0.2) is 4.79 Å². The lowest BCUT2D eigenvalue weighted by Gasteiger charge is -2.21. The molecule has 0 radical (unpaired) electrons. The lowest BCUT2D eigenvalue weighted by Crippen LogP contribution is -2.43. The minimum Gasteiger partial charge on any atom is -0.351 e. The Labute approximate surface area is 96.4 Å². The van der Waals surface area contributed by atoms with E-state index in [1.54, 1.807) is 0 Å². The number of rotatable bonds is 6. The van der Waals surface area contributed by atoms with Gasteiger partial charge in [-0.15, -0.1) is 0 Å². The van der Waals surface area contributed by atoms with Crippen LogP contribution in [0.2, 0.25) is 0 Å². The maximum Gasteiger partial charge on any atom is 0.318 e. The molecule has 0 bridgehead atoms. The average Bonchev–Trinajstić information content (AvgIpc) is 2.93. The summed E-state index contributed by atoms with van der Waals surface area (Å²) in [6.07, 6.45) is 3.38. The smallest absolute Gasteiger partial charge is 0.318 e. The van der Waals surface area contributed by atoms with Crippen molar-refractivity contribution in [3.8, 4) is 0 Å². The Hall–Kier alpha value is -1.10. The van der Waals surface area contributed by atoms with E-state index in [4.69, 9.17) is 5.73 Å². The van der Waals surface area contributed by atoms with Gasteiger partial charge in [0.05, 0.1) is 6.54 Å². The molecule has 3 N–H and O–H groups in total. The summed E-state index contributed by atoms with van der Waals surface area (Å²) in [5, 5.41) is 2.10. The predicted molar refractivity (Wildman–Crippen MR) is 61.8 cm³/mol. The molecule has 5 nitrogen and oxygen atoms in total. The lowest BCUT2D eigenvalue weighted by atomic mass is 10.1. The number of urea groups is 1. The number of hydrogen-bond acceptors (Lipinski definition) is 3. The molecule has 0 aromatic rings. The third kappa shape index (κ3) is 5.11. The van der Waals surface area contributed by atoms with Gasteiger partial charge < -0.3 is 5.73 Å². The Kier molecular flexibility index (Phi) is 4.73. The Balaban J connectivity index is 2.32. The molecule has 0 unspecified atom stereocenters. The predicted octanol–water partition coefficient (Wildman–Crippen LogP) is 0.692. The second kappa shape index (κ2) is 5.84. The highest BCUT2D eigenvalue weighted by Gasteiger charge is 2.30. The van der Waals surface area contributed by atoms with E-state index in [1.807, 2.05) is 0 Å². The number of amides is 3. The van der Waals surface area contributed by atoms with Gasteiger partial charge in [0, 0.05) is 6.04 Å². The first-order chi connectivity index (χ1) is 7.49. The molecule has 0 saturated heterocycles. The third-order valence-electron chi connectivity index (χ3n) is 2.67. The number of imide groups is 1. The van der Waals surface area contributed by atoms with Gasteiger partial charge in [-0.1, -0.05) is 13.8 Å². The SMILES string of the molecule is CC(C)CCN(CC(=O)NC(N)=O)C1CC1. The fourth-order valence-electron chi connectivity index (χ4n) is 1.62. The zero-order chi connectivity index (χ0) is 12.1. The fourth-order valence-corrected chi connectivity index (χ4v) is 1.62. The number of nitrogens with zero attached hydrogens (tertiary/aromatic N) is 1. The number of nitrogens with one attached hydrogen (secondary N) is 1. The van der Waals surface area contributed by atoms with E-state index in [9.17, 15) is 9.59 Å². The Morgan fingerprint density at radius 1 is 1.44 bits per heavy atom. The Morgan fingerprint density at radius 3 is 2.50 bits per heavy atom. The quantitative estimate of drug-likeness (QED) is 0.701. The van der Waals surface area contributed by atoms with Crippen molar-refractivity contribution in [3.05, 3.63) is 0 Å². The lowest BCUT2D eigenvalue weighted by molar-refractivity contribution is -0.121. The van der Waals surface area contributed by atoms with E-state index in [0.29, 0.717) is 12.0 Å². The first kappa shape index (κ1) is 13.0. The average molecular weight is 227 g/mol. The standard InChI is InChI=1S/C11H21N3O2/c1-8(2)5-6-14(9-3-4-9)7-10(15)13-11(12)16/h8-9H,3-7H2,1-2H3,(H3,12,13,15,16). The minimum absolute atomic E-state index is 0.278. The molecule has 1 aliphatic carbocycles. The van der Waals surface area contributed by atoms with E-state index < -0.39 is 6.03 Å². The van der Waals surface area contributed by atoms with Crippen LogP contribution in [-0.2, 0) is 4.79 Å². The Bertz CT molecular complexity index is 262. The molecule has 1 aliphatic rings. The summed E-state index contributed by atoms with van der Waals surface area (Å²) in [5.74, 6) is 0.323. The summed E-state index contributed by atoms with van der Waals surface area (Å²) < 4.78 is 0. The topological polar surface area (TPSA) is 75.4 Å². The van der Waals surface area contributed by atoms with Crippen molar-refractivity contribution in [2.75, 3.05) is 13.1 Å². The van der Waals surface area contributed by atoms with Crippen LogP contribution in [0.5, 0.6) is 0 Å². The number of nitrogens with two attached hydrogens (primary N) is 1. The van der Waals surface area contributed by atoms with Crippen molar-refractivity contribution in [2.45, 2.75) is 39.2 Å². The molecule has 1 rings (SSSR count). The molecule has 3 amide bonds. The number of hydrogen-bond donors (Lipinski definition) is 2. The normalized spacial score (nSPS) is 15.5. The highest BCUT2D eigenvalue weighted by molar-refractivity contribution is 5.94. The molecule has 0 aliphatic heterocycles. The Morgan fingerprint density at radius 2 is 2.06 bits per heavy atom. The van der Waals surface area contributed by atoms with E-state index in [0.717, 1.165) is 25.8 Å². The van der Waals surface area contributed by atoms with Gasteiger partial charge in [0.25, 0.3) is 0 Å². The summed E-state index contributed by atoms with van der Waals surface area (Å²) in [4.78, 5) is 24.0. The van der Waals surface area contributed by atoms with Crippen molar-refractivity contribution < 1.29 is 9.59 Å². The van der Waals surface area contributed by atoms with Gasteiger partial charge in [-0.05, 0) is 31.7 Å². The molecule has 1 saturated carbocycles. The van der Waals surface area contributed by atoms with Crippen molar-refractivity contribution >= 4 is 11.9 Å².